The molecule has 1 aromatic carbocycles. The number of phenolic OH excluding ortho intramolecular Hbond substituents is 1. The number of pyridine rings is 1. The summed E-state index contributed by atoms with van der Waals surface area (Å²) >= 11 is 0. The summed E-state index contributed by atoms with van der Waals surface area (Å²) in [5.41, 5.74) is 2.62. The Hall–Kier alpha value is -2.40. The van der Waals surface area contributed by atoms with Gasteiger partial charge in [0.05, 0.1) is 12.6 Å². The molecule has 1 unspecified atom stereocenters. The smallest absolute Gasteiger partial charge is 0.160 e. The Balaban J connectivity index is 1.97. The van der Waals surface area contributed by atoms with Crippen LogP contribution in [0.1, 0.15) is 12.5 Å². The van der Waals surface area contributed by atoms with E-state index in [1.54, 1.807) is 18.3 Å². The van der Waals surface area contributed by atoms with E-state index in [1.165, 1.54) is 0 Å². The van der Waals surface area contributed by atoms with E-state index in [2.05, 4.69) is 9.55 Å². The Kier molecular flexibility index (Phi) is 2.86. The third kappa shape index (κ3) is 2.06. The van der Waals surface area contributed by atoms with Gasteiger partial charge in [0.2, 0.25) is 0 Å². The standard InChI is InChI=1S/C16H15N3O2/c20-13-4-1-3-11(9-13)15-18-14-5-2-7-17-16(14)19(15)12-6-8-21-10-12/h1-5,7,9,12,20H,6,8,10H2. The van der Waals surface area contributed by atoms with Crippen molar-refractivity contribution in [2.24, 2.45) is 0 Å². The average molecular weight is 281 g/mol. The van der Waals surface area contributed by atoms with Gasteiger partial charge in [0.25, 0.3) is 0 Å². The van der Waals surface area contributed by atoms with Gasteiger partial charge >= 0.3 is 0 Å². The number of rotatable bonds is 2. The minimum atomic E-state index is 0.238. The van der Waals surface area contributed by atoms with Crippen LogP contribution in [0.4, 0.5) is 0 Å². The van der Waals surface area contributed by atoms with Crippen molar-refractivity contribution in [3.63, 3.8) is 0 Å². The summed E-state index contributed by atoms with van der Waals surface area (Å²) in [5, 5.41) is 9.73. The van der Waals surface area contributed by atoms with Gasteiger partial charge in [0.15, 0.2) is 5.65 Å². The molecule has 0 aliphatic carbocycles. The van der Waals surface area contributed by atoms with E-state index in [1.807, 2.05) is 24.3 Å². The topological polar surface area (TPSA) is 60.2 Å². The van der Waals surface area contributed by atoms with Crippen molar-refractivity contribution in [3.05, 3.63) is 42.6 Å². The molecule has 5 heteroatoms. The molecule has 1 atom stereocenters. The van der Waals surface area contributed by atoms with Crippen molar-refractivity contribution in [1.82, 2.24) is 14.5 Å². The maximum absolute atomic E-state index is 9.73. The monoisotopic (exact) mass is 281 g/mol. The van der Waals surface area contributed by atoms with Gasteiger partial charge in [-0.1, -0.05) is 12.1 Å². The van der Waals surface area contributed by atoms with Crippen molar-refractivity contribution >= 4 is 11.2 Å². The Morgan fingerprint density at radius 2 is 2.19 bits per heavy atom. The maximum Gasteiger partial charge on any atom is 0.160 e. The fraction of sp³-hybridized carbons (Fsp3) is 0.250. The molecule has 1 N–H and O–H groups in total. The van der Waals surface area contributed by atoms with Crippen molar-refractivity contribution in [2.45, 2.75) is 12.5 Å². The summed E-state index contributed by atoms with van der Waals surface area (Å²) < 4.78 is 7.65. The predicted molar refractivity (Wildman–Crippen MR) is 79.1 cm³/mol. The first-order chi connectivity index (χ1) is 10.3. The second kappa shape index (κ2) is 4.86. The van der Waals surface area contributed by atoms with Gasteiger partial charge < -0.3 is 14.4 Å². The van der Waals surface area contributed by atoms with E-state index >= 15 is 0 Å². The first-order valence-corrected chi connectivity index (χ1v) is 7.03. The summed E-state index contributed by atoms with van der Waals surface area (Å²) in [4.78, 5) is 9.18. The number of ether oxygens (including phenoxy) is 1. The highest BCUT2D eigenvalue weighted by molar-refractivity contribution is 5.77. The summed E-state index contributed by atoms with van der Waals surface area (Å²) in [6, 6.07) is 11.3. The molecule has 106 valence electrons. The van der Waals surface area contributed by atoms with Gasteiger partial charge in [-0.3, -0.25) is 0 Å². The van der Waals surface area contributed by atoms with Crippen LogP contribution < -0.4 is 0 Å². The van der Waals surface area contributed by atoms with Crippen molar-refractivity contribution in [2.75, 3.05) is 13.2 Å². The normalized spacial score (nSPS) is 18.4. The third-order valence-electron chi connectivity index (χ3n) is 3.82. The lowest BCUT2D eigenvalue weighted by Gasteiger charge is -2.14. The van der Waals surface area contributed by atoms with Crippen LogP contribution >= 0.6 is 0 Å². The second-order valence-electron chi connectivity index (χ2n) is 5.22. The fourth-order valence-electron chi connectivity index (χ4n) is 2.85. The summed E-state index contributed by atoms with van der Waals surface area (Å²) in [5.74, 6) is 1.07. The number of fused-ring (bicyclic) bond motifs is 1. The van der Waals surface area contributed by atoms with Gasteiger partial charge in [-0.2, -0.15) is 0 Å². The predicted octanol–water partition coefficient (Wildman–Crippen LogP) is 2.77. The largest absolute Gasteiger partial charge is 0.508 e. The maximum atomic E-state index is 9.73. The lowest BCUT2D eigenvalue weighted by molar-refractivity contribution is 0.187. The van der Waals surface area contributed by atoms with Gasteiger partial charge in [0, 0.05) is 18.4 Å². The molecule has 5 nitrogen and oxygen atoms in total. The fourth-order valence-corrected chi connectivity index (χ4v) is 2.85. The molecule has 21 heavy (non-hydrogen) atoms. The van der Waals surface area contributed by atoms with Crippen LogP contribution in [0.3, 0.4) is 0 Å². The minimum Gasteiger partial charge on any atom is -0.508 e. The lowest BCUT2D eigenvalue weighted by Crippen LogP contribution is -2.10. The van der Waals surface area contributed by atoms with E-state index in [4.69, 9.17) is 9.72 Å². The molecule has 0 amide bonds. The highest BCUT2D eigenvalue weighted by Crippen LogP contribution is 2.32. The van der Waals surface area contributed by atoms with Gasteiger partial charge in [0.1, 0.15) is 17.1 Å². The molecule has 0 spiro atoms. The Morgan fingerprint density at radius 3 is 3.00 bits per heavy atom. The number of aromatic hydroxyl groups is 1. The zero-order valence-electron chi connectivity index (χ0n) is 11.4. The summed E-state index contributed by atoms with van der Waals surface area (Å²) in [6.45, 7) is 1.44. The number of phenols is 1. The van der Waals surface area contributed by atoms with E-state index in [-0.39, 0.29) is 11.8 Å². The van der Waals surface area contributed by atoms with Crippen LogP contribution in [-0.2, 0) is 4.74 Å². The van der Waals surface area contributed by atoms with Crippen LogP contribution in [0.2, 0.25) is 0 Å². The molecule has 1 aliphatic heterocycles. The number of hydrogen-bond donors (Lipinski definition) is 1. The third-order valence-corrected chi connectivity index (χ3v) is 3.82. The van der Waals surface area contributed by atoms with Crippen LogP contribution in [0.25, 0.3) is 22.6 Å². The average Bonchev–Trinajstić information content (AvgIpc) is 3.14. The molecule has 0 saturated carbocycles. The highest BCUT2D eigenvalue weighted by Gasteiger charge is 2.24. The van der Waals surface area contributed by atoms with Crippen LogP contribution in [0.15, 0.2) is 42.6 Å². The number of benzene rings is 1. The van der Waals surface area contributed by atoms with Gasteiger partial charge in [-0.25, -0.2) is 9.97 Å². The Bertz CT molecular complexity index is 791. The van der Waals surface area contributed by atoms with E-state index in [9.17, 15) is 5.11 Å². The second-order valence-corrected chi connectivity index (χ2v) is 5.22. The SMILES string of the molecule is Oc1cccc(-c2nc3cccnc3n2C2CCOC2)c1. The molecule has 2 aromatic heterocycles. The first kappa shape index (κ1) is 12.3. The molecule has 1 fully saturated rings. The first-order valence-electron chi connectivity index (χ1n) is 7.03. The number of nitrogens with zero attached hydrogens (tertiary/aromatic N) is 3. The molecule has 0 radical (unpaired) electrons. The van der Waals surface area contributed by atoms with E-state index in [0.29, 0.717) is 6.61 Å². The molecular weight excluding hydrogens is 266 g/mol. The summed E-state index contributed by atoms with van der Waals surface area (Å²) in [6.07, 6.45) is 2.73. The molecule has 0 bridgehead atoms. The number of hydrogen-bond acceptors (Lipinski definition) is 4. The van der Waals surface area contributed by atoms with Crippen LogP contribution in [0.5, 0.6) is 5.75 Å². The van der Waals surface area contributed by atoms with E-state index in [0.717, 1.165) is 35.6 Å². The molecule has 3 aromatic rings. The van der Waals surface area contributed by atoms with E-state index < -0.39 is 0 Å². The number of imidazole rings is 1. The molecule has 1 aliphatic rings. The Morgan fingerprint density at radius 1 is 1.24 bits per heavy atom. The molecule has 3 heterocycles. The lowest BCUT2D eigenvalue weighted by atomic mass is 10.2. The van der Waals surface area contributed by atoms with Gasteiger partial charge in [-0.15, -0.1) is 0 Å². The van der Waals surface area contributed by atoms with Crippen molar-refractivity contribution < 1.29 is 9.84 Å². The van der Waals surface area contributed by atoms with Crippen LogP contribution in [0, 0.1) is 0 Å². The quantitative estimate of drug-likeness (QED) is 0.784. The number of aromatic nitrogens is 3. The van der Waals surface area contributed by atoms with Crippen LogP contribution in [-0.4, -0.2) is 32.9 Å². The zero-order valence-corrected chi connectivity index (χ0v) is 11.4. The molecule has 1 saturated heterocycles. The Labute approximate surface area is 121 Å². The molecule has 4 rings (SSSR count). The van der Waals surface area contributed by atoms with Gasteiger partial charge in [-0.05, 0) is 30.7 Å². The van der Waals surface area contributed by atoms with Crippen molar-refractivity contribution in [3.8, 4) is 17.1 Å². The van der Waals surface area contributed by atoms with Crippen molar-refractivity contribution in [1.29, 1.82) is 0 Å². The molecular formula is C16H15N3O2. The summed E-state index contributed by atoms with van der Waals surface area (Å²) in [7, 11) is 0. The zero-order chi connectivity index (χ0) is 14.2. The minimum absolute atomic E-state index is 0.238. The highest BCUT2D eigenvalue weighted by atomic mass is 16.5.